The van der Waals surface area contributed by atoms with Gasteiger partial charge in [0.2, 0.25) is 5.91 Å². The summed E-state index contributed by atoms with van der Waals surface area (Å²) in [4.78, 5) is 16.4. The van der Waals surface area contributed by atoms with Crippen LogP contribution < -0.4 is 15.8 Å². The number of ether oxygens (including phenoxy) is 1. The molecular weight excluding hydrogens is 412 g/mol. The highest BCUT2D eigenvalue weighted by Gasteiger charge is 2.13. The highest BCUT2D eigenvalue weighted by Crippen LogP contribution is 2.33. The highest BCUT2D eigenvalue weighted by atomic mass is 16.5. The molecule has 0 spiro atoms. The highest BCUT2D eigenvalue weighted by molar-refractivity contribution is 5.99. The van der Waals surface area contributed by atoms with Gasteiger partial charge in [0.1, 0.15) is 11.5 Å². The van der Waals surface area contributed by atoms with E-state index in [9.17, 15) is 4.79 Å². The van der Waals surface area contributed by atoms with Gasteiger partial charge in [0.05, 0.1) is 17.1 Å². The molecule has 3 aromatic carbocycles. The van der Waals surface area contributed by atoms with Gasteiger partial charge in [-0.2, -0.15) is 0 Å². The average molecular weight is 434 g/mol. The van der Waals surface area contributed by atoms with E-state index in [1.54, 1.807) is 12.1 Å². The van der Waals surface area contributed by atoms with Crippen LogP contribution in [0, 0.1) is 5.41 Å². The van der Waals surface area contributed by atoms with E-state index in [2.05, 4.69) is 11.9 Å². The summed E-state index contributed by atoms with van der Waals surface area (Å²) in [7, 11) is 0. The third-order valence-electron chi connectivity index (χ3n) is 4.96. The summed E-state index contributed by atoms with van der Waals surface area (Å²) in [5.74, 6) is 1.15. The maximum atomic E-state index is 11.7. The summed E-state index contributed by atoms with van der Waals surface area (Å²) < 4.78 is 5.86. The van der Waals surface area contributed by atoms with Gasteiger partial charge in [-0.05, 0) is 60.7 Å². The van der Waals surface area contributed by atoms with Crippen molar-refractivity contribution in [3.8, 4) is 34.0 Å². The number of hydrogen-bond acceptors (Lipinski definition) is 5. The largest absolute Gasteiger partial charge is 0.457 e. The molecule has 0 aliphatic carbocycles. The van der Waals surface area contributed by atoms with Crippen molar-refractivity contribution in [2.75, 3.05) is 11.1 Å². The van der Waals surface area contributed by atoms with E-state index < -0.39 is 0 Å². The summed E-state index contributed by atoms with van der Waals surface area (Å²) in [6.07, 6.45) is 2.42. The van der Waals surface area contributed by atoms with Crippen LogP contribution in [-0.2, 0) is 4.79 Å². The van der Waals surface area contributed by atoms with Gasteiger partial charge in [0.25, 0.3) is 0 Å². The number of amides is 1. The van der Waals surface area contributed by atoms with Crippen molar-refractivity contribution in [1.29, 1.82) is 5.41 Å². The lowest BCUT2D eigenvalue weighted by molar-refractivity contribution is -0.111. The van der Waals surface area contributed by atoms with Crippen LogP contribution in [0.5, 0.6) is 11.5 Å². The minimum atomic E-state index is -0.295. The monoisotopic (exact) mass is 434 g/mol. The molecule has 0 saturated carbocycles. The van der Waals surface area contributed by atoms with Gasteiger partial charge in [0.15, 0.2) is 0 Å². The second kappa shape index (κ2) is 9.62. The molecular formula is C27H22N4O2. The van der Waals surface area contributed by atoms with Crippen LogP contribution >= 0.6 is 0 Å². The van der Waals surface area contributed by atoms with E-state index in [1.807, 2.05) is 72.8 Å². The number of nitrogens with two attached hydrogens (primary N) is 1. The van der Waals surface area contributed by atoms with Gasteiger partial charge in [-0.3, -0.25) is 4.79 Å². The molecule has 1 aromatic heterocycles. The van der Waals surface area contributed by atoms with Gasteiger partial charge >= 0.3 is 0 Å². The molecule has 1 amide bonds. The van der Waals surface area contributed by atoms with E-state index >= 15 is 0 Å². The Morgan fingerprint density at radius 3 is 2.36 bits per heavy atom. The SMILES string of the molecule is C=CC(=O)Nc1cccc(-c2cc(C=N)c(N)c(-c3ccc(Oc4ccccc4)cc3)n2)c1. The quantitative estimate of drug-likeness (QED) is 0.248. The van der Waals surface area contributed by atoms with Crippen molar-refractivity contribution in [3.05, 3.63) is 103 Å². The second-order valence-electron chi connectivity index (χ2n) is 7.22. The van der Waals surface area contributed by atoms with E-state index in [-0.39, 0.29) is 5.91 Å². The molecule has 0 radical (unpaired) electrons. The number of carbonyl (C=O) groups excluding carboxylic acids is 1. The first-order valence-corrected chi connectivity index (χ1v) is 10.3. The molecule has 33 heavy (non-hydrogen) atoms. The van der Waals surface area contributed by atoms with Crippen LogP contribution in [0.25, 0.3) is 22.5 Å². The van der Waals surface area contributed by atoms with Crippen LogP contribution in [0.4, 0.5) is 11.4 Å². The van der Waals surface area contributed by atoms with E-state index in [4.69, 9.17) is 20.9 Å². The smallest absolute Gasteiger partial charge is 0.247 e. The summed E-state index contributed by atoms with van der Waals surface area (Å²) in [5, 5.41) is 10.5. The number of carbonyl (C=O) groups is 1. The fourth-order valence-electron chi connectivity index (χ4n) is 3.32. The Hall–Kier alpha value is -4.71. The lowest BCUT2D eigenvalue weighted by Crippen LogP contribution is -2.07. The van der Waals surface area contributed by atoms with Crippen LogP contribution in [0.2, 0.25) is 0 Å². The third kappa shape index (κ3) is 4.97. The van der Waals surface area contributed by atoms with Crippen molar-refractivity contribution in [2.45, 2.75) is 0 Å². The summed E-state index contributed by atoms with van der Waals surface area (Å²) >= 11 is 0. The molecule has 6 heteroatoms. The number of pyridine rings is 1. The number of nitrogens with one attached hydrogen (secondary N) is 2. The second-order valence-corrected chi connectivity index (χ2v) is 7.22. The minimum Gasteiger partial charge on any atom is -0.457 e. The Labute approximate surface area is 191 Å². The molecule has 4 aromatic rings. The van der Waals surface area contributed by atoms with Crippen LogP contribution in [-0.4, -0.2) is 17.1 Å². The Morgan fingerprint density at radius 2 is 1.67 bits per heavy atom. The number of hydrogen-bond donors (Lipinski definition) is 3. The Balaban J connectivity index is 1.69. The first-order valence-electron chi connectivity index (χ1n) is 10.3. The third-order valence-corrected chi connectivity index (χ3v) is 4.96. The summed E-state index contributed by atoms with van der Waals surface area (Å²) in [6, 6.07) is 26.1. The first-order chi connectivity index (χ1) is 16.1. The molecule has 0 aliphatic rings. The van der Waals surface area contributed by atoms with Crippen molar-refractivity contribution >= 4 is 23.5 Å². The fourth-order valence-corrected chi connectivity index (χ4v) is 3.32. The maximum absolute atomic E-state index is 11.7. The van der Waals surface area contributed by atoms with Crippen molar-refractivity contribution < 1.29 is 9.53 Å². The molecule has 4 N–H and O–H groups in total. The molecule has 0 saturated heterocycles. The summed E-state index contributed by atoms with van der Waals surface area (Å²) in [6.45, 7) is 3.47. The predicted octanol–water partition coefficient (Wildman–Crippen LogP) is 5.91. The molecule has 0 aliphatic heterocycles. The zero-order chi connectivity index (χ0) is 23.2. The van der Waals surface area contributed by atoms with E-state index in [0.717, 1.165) is 16.9 Å². The fraction of sp³-hybridized carbons (Fsp3) is 0. The summed E-state index contributed by atoms with van der Waals surface area (Å²) in [5.41, 5.74) is 10.7. The van der Waals surface area contributed by atoms with E-state index in [1.165, 1.54) is 12.3 Å². The normalized spacial score (nSPS) is 10.3. The van der Waals surface area contributed by atoms with Gasteiger partial charge in [-0.1, -0.05) is 36.9 Å². The molecule has 0 fully saturated rings. The average Bonchev–Trinajstić information content (AvgIpc) is 2.85. The zero-order valence-corrected chi connectivity index (χ0v) is 17.8. The zero-order valence-electron chi connectivity index (χ0n) is 17.8. The number of benzene rings is 3. The van der Waals surface area contributed by atoms with Crippen molar-refractivity contribution in [1.82, 2.24) is 4.98 Å². The van der Waals surface area contributed by atoms with Crippen LogP contribution in [0.3, 0.4) is 0 Å². The first kappa shape index (κ1) is 21.5. The van der Waals surface area contributed by atoms with Gasteiger partial charge in [-0.15, -0.1) is 0 Å². The number of para-hydroxylation sites is 1. The molecule has 0 atom stereocenters. The van der Waals surface area contributed by atoms with Gasteiger partial charge < -0.3 is 21.2 Å². The van der Waals surface area contributed by atoms with E-state index in [0.29, 0.717) is 34.1 Å². The lowest BCUT2D eigenvalue weighted by atomic mass is 10.0. The number of anilines is 2. The van der Waals surface area contributed by atoms with Crippen molar-refractivity contribution in [2.24, 2.45) is 0 Å². The molecule has 6 nitrogen and oxygen atoms in total. The minimum absolute atomic E-state index is 0.295. The van der Waals surface area contributed by atoms with Gasteiger partial charge in [-0.25, -0.2) is 4.98 Å². The number of aromatic nitrogens is 1. The molecule has 0 unspecified atom stereocenters. The number of rotatable bonds is 7. The maximum Gasteiger partial charge on any atom is 0.247 e. The molecule has 4 rings (SSSR count). The Bertz CT molecular complexity index is 1320. The standard InChI is InChI=1S/C27H22N4O2/c1-2-25(32)30-21-8-6-7-19(15-21)24-16-20(17-28)26(29)27(31-24)18-11-13-23(14-12-18)33-22-9-4-3-5-10-22/h2-17,28H,1,29H2,(H,30,32). The molecule has 1 heterocycles. The topological polar surface area (TPSA) is 101 Å². The predicted molar refractivity (Wildman–Crippen MR) is 133 cm³/mol. The Kier molecular flexibility index (Phi) is 6.27. The molecule has 0 bridgehead atoms. The Morgan fingerprint density at radius 1 is 0.939 bits per heavy atom. The van der Waals surface area contributed by atoms with Crippen molar-refractivity contribution in [3.63, 3.8) is 0 Å². The number of nitrogens with zero attached hydrogens (tertiary/aromatic N) is 1. The van der Waals surface area contributed by atoms with Crippen LogP contribution in [0.15, 0.2) is 97.6 Å². The molecule has 162 valence electrons. The lowest BCUT2D eigenvalue weighted by Gasteiger charge is -2.13. The number of nitrogen functional groups attached to an aromatic ring is 1. The van der Waals surface area contributed by atoms with Gasteiger partial charge in [0, 0.05) is 28.6 Å². The van der Waals surface area contributed by atoms with Crippen LogP contribution in [0.1, 0.15) is 5.56 Å².